The number of rotatable bonds is 54. The predicted molar refractivity (Wildman–Crippen MR) is 312 cm³/mol. The quantitative estimate of drug-likeness (QED) is 0.0608. The largest absolute Gasteiger partial charge is 0.379 e. The van der Waals surface area contributed by atoms with E-state index in [0.29, 0.717) is 64.8 Å². The Morgan fingerprint density at radius 2 is 1.00 bits per heavy atom. The van der Waals surface area contributed by atoms with Gasteiger partial charge < -0.3 is 48.5 Å². The molecule has 2 N–H and O–H groups in total. The molecular weight excluding hydrogens is 976 g/mol. The second-order valence-electron chi connectivity index (χ2n) is 21.8. The fourth-order valence-electron chi connectivity index (χ4n) is 9.72. The number of carbonyl (C=O) groups excluding carboxylic acids is 2. The van der Waals surface area contributed by atoms with Gasteiger partial charge in [0.1, 0.15) is 36.3 Å². The van der Waals surface area contributed by atoms with Crippen molar-refractivity contribution in [3.63, 3.8) is 0 Å². The van der Waals surface area contributed by atoms with Crippen molar-refractivity contribution >= 4 is 11.8 Å². The van der Waals surface area contributed by atoms with Crippen LogP contribution in [-0.2, 0) is 42.7 Å². The summed E-state index contributed by atoms with van der Waals surface area (Å²) in [6.07, 6.45) is 30.2. The van der Waals surface area contributed by atoms with Crippen molar-refractivity contribution in [2.24, 2.45) is 0 Å². The van der Waals surface area contributed by atoms with Gasteiger partial charge in [0, 0.05) is 58.2 Å². The van der Waals surface area contributed by atoms with Gasteiger partial charge in [-0.2, -0.15) is 0 Å². The lowest BCUT2D eigenvalue weighted by atomic mass is 9.97. The number of benzene rings is 1. The van der Waals surface area contributed by atoms with Crippen LogP contribution in [0.2, 0.25) is 0 Å². The average molecular weight is 1090 g/mol. The maximum atomic E-state index is 14.3. The highest BCUT2D eigenvalue weighted by Gasteiger charge is 2.49. The molecule has 450 valence electrons. The summed E-state index contributed by atoms with van der Waals surface area (Å²) in [7, 11) is 0. The molecule has 0 bridgehead atoms. The highest BCUT2D eigenvalue weighted by molar-refractivity contribution is 5.94. The summed E-state index contributed by atoms with van der Waals surface area (Å²) in [5.41, 5.74) is 0.457. The summed E-state index contributed by atoms with van der Waals surface area (Å²) in [6.45, 7) is 19.9. The van der Waals surface area contributed by atoms with Crippen LogP contribution in [0.15, 0.2) is 24.3 Å². The molecule has 1 aromatic carbocycles. The highest BCUT2D eigenvalue weighted by atomic mass is 19.1. The van der Waals surface area contributed by atoms with E-state index in [1.807, 2.05) is 0 Å². The minimum atomic E-state index is -0.813. The van der Waals surface area contributed by atoms with Crippen LogP contribution >= 0.6 is 0 Å². The van der Waals surface area contributed by atoms with Gasteiger partial charge in [0.2, 0.25) is 5.91 Å². The van der Waals surface area contributed by atoms with Gasteiger partial charge in [-0.15, -0.1) is 0 Å². The average Bonchev–Trinajstić information content (AvgIpc) is 3.43. The third-order valence-electron chi connectivity index (χ3n) is 14.7. The third-order valence-corrected chi connectivity index (χ3v) is 14.7. The van der Waals surface area contributed by atoms with Gasteiger partial charge in [0.25, 0.3) is 5.91 Å². The molecule has 2 rings (SSSR count). The van der Waals surface area contributed by atoms with Crippen LogP contribution in [0.4, 0.5) is 4.39 Å². The lowest BCUT2D eigenvalue weighted by Gasteiger charge is -2.46. The first kappa shape index (κ1) is 70.9. The van der Waals surface area contributed by atoms with Gasteiger partial charge >= 0.3 is 0 Å². The van der Waals surface area contributed by atoms with Gasteiger partial charge in [-0.3, -0.25) is 9.59 Å². The van der Waals surface area contributed by atoms with Crippen molar-refractivity contribution in [2.75, 3.05) is 59.4 Å². The standard InChI is InChI=1S/C64H117FN2O10/c1-8-15-22-23-24-25-26-27-28-29-32-35-38-56(71-46-17-10-3)59(72-47-18-11-4)55(67-58(68)39-36-33-30-31-34-37-44-66-63(69)53-40-42-54(65)43-41-53)51-76-64-62(75-50-21-14-7)61(74-49-20-13-6)60(73-48-19-12-5)57(77-64)52-70-45-16-9-2/h40-43,55-57,59-62,64H,8-39,44-52H2,1-7H3,(H,66,69)(H,67,68)/t55-,56+,57?,59-,60-,61-,62?,64-/m0/s1. The molecule has 1 heterocycles. The number of amides is 2. The van der Waals surface area contributed by atoms with E-state index in [2.05, 4.69) is 59.1 Å². The van der Waals surface area contributed by atoms with E-state index < -0.39 is 42.9 Å². The fourth-order valence-corrected chi connectivity index (χ4v) is 9.72. The summed E-state index contributed by atoms with van der Waals surface area (Å²) in [5, 5.41) is 6.40. The van der Waals surface area contributed by atoms with Crippen molar-refractivity contribution in [3.05, 3.63) is 35.6 Å². The van der Waals surface area contributed by atoms with Crippen LogP contribution in [0.3, 0.4) is 0 Å². The number of unbranched alkanes of at least 4 members (excludes halogenated alkanes) is 22. The first-order chi connectivity index (χ1) is 37.8. The van der Waals surface area contributed by atoms with E-state index in [1.54, 1.807) is 0 Å². The molecule has 0 saturated carbocycles. The van der Waals surface area contributed by atoms with Gasteiger partial charge in [-0.25, -0.2) is 4.39 Å². The molecule has 0 aromatic heterocycles. The topological polar surface area (TPSA) is 132 Å². The molecule has 12 nitrogen and oxygen atoms in total. The molecule has 2 unspecified atom stereocenters. The lowest BCUT2D eigenvalue weighted by Crippen LogP contribution is -2.63. The Kier molecular flexibility index (Phi) is 45.6. The molecule has 0 spiro atoms. The summed E-state index contributed by atoms with van der Waals surface area (Å²) >= 11 is 0. The molecule has 0 radical (unpaired) electrons. The van der Waals surface area contributed by atoms with Crippen LogP contribution in [0.5, 0.6) is 0 Å². The number of nitrogens with one attached hydrogen (secondary N) is 2. The second-order valence-corrected chi connectivity index (χ2v) is 21.8. The number of hydrogen-bond acceptors (Lipinski definition) is 10. The summed E-state index contributed by atoms with van der Waals surface area (Å²) in [6, 6.07) is 5.09. The van der Waals surface area contributed by atoms with Gasteiger partial charge in [0.05, 0.1) is 25.4 Å². The summed E-state index contributed by atoms with van der Waals surface area (Å²) < 4.78 is 67.7. The fraction of sp³-hybridized carbons (Fsp3) is 0.875. The Morgan fingerprint density at radius 1 is 0.519 bits per heavy atom. The first-order valence-corrected chi connectivity index (χ1v) is 32.0. The van der Waals surface area contributed by atoms with Crippen molar-refractivity contribution in [1.29, 1.82) is 0 Å². The normalized spacial score (nSPS) is 18.8. The van der Waals surface area contributed by atoms with E-state index in [0.717, 1.165) is 135 Å². The predicted octanol–water partition coefficient (Wildman–Crippen LogP) is 15.3. The molecule has 1 saturated heterocycles. The Bertz CT molecular complexity index is 1490. The Labute approximate surface area is 470 Å². The monoisotopic (exact) mass is 1090 g/mol. The van der Waals surface area contributed by atoms with Crippen molar-refractivity contribution in [1.82, 2.24) is 10.6 Å². The number of ether oxygens (including phenoxy) is 8. The number of halogens is 1. The maximum absolute atomic E-state index is 14.3. The Morgan fingerprint density at radius 3 is 1.58 bits per heavy atom. The van der Waals surface area contributed by atoms with E-state index in [9.17, 15) is 14.0 Å². The summed E-state index contributed by atoms with van der Waals surface area (Å²) in [4.78, 5) is 26.7. The molecular formula is C64H117FN2O10. The van der Waals surface area contributed by atoms with Gasteiger partial charge in [-0.1, -0.05) is 190 Å². The molecule has 8 atom stereocenters. The highest BCUT2D eigenvalue weighted by Crippen LogP contribution is 2.31. The number of carbonyl (C=O) groups is 2. The van der Waals surface area contributed by atoms with Gasteiger partial charge in [-0.05, 0) is 82.1 Å². The molecule has 1 aromatic rings. The van der Waals surface area contributed by atoms with E-state index in [-0.39, 0.29) is 30.3 Å². The molecule has 0 aliphatic carbocycles. The smallest absolute Gasteiger partial charge is 0.251 e. The van der Waals surface area contributed by atoms with Gasteiger partial charge in [0.15, 0.2) is 6.29 Å². The first-order valence-electron chi connectivity index (χ1n) is 32.0. The van der Waals surface area contributed by atoms with E-state index in [1.165, 1.54) is 88.5 Å². The van der Waals surface area contributed by atoms with Crippen LogP contribution in [-0.4, -0.2) is 120 Å². The second kappa shape index (κ2) is 49.6. The lowest BCUT2D eigenvalue weighted by molar-refractivity contribution is -0.325. The Balaban J connectivity index is 2.37. The zero-order valence-electron chi connectivity index (χ0n) is 50.4. The maximum Gasteiger partial charge on any atom is 0.251 e. The third kappa shape index (κ3) is 34.0. The number of hydrogen-bond donors (Lipinski definition) is 2. The molecule has 1 aliphatic rings. The Hall–Kier alpha value is -2.23. The summed E-state index contributed by atoms with van der Waals surface area (Å²) in [5.74, 6) is -0.579. The van der Waals surface area contributed by atoms with Crippen molar-refractivity contribution in [2.45, 2.75) is 303 Å². The molecule has 1 fully saturated rings. The molecule has 2 amide bonds. The van der Waals surface area contributed by atoms with Crippen LogP contribution in [0.25, 0.3) is 0 Å². The molecule has 77 heavy (non-hydrogen) atoms. The van der Waals surface area contributed by atoms with E-state index >= 15 is 0 Å². The van der Waals surface area contributed by atoms with Crippen LogP contribution < -0.4 is 10.6 Å². The van der Waals surface area contributed by atoms with E-state index in [4.69, 9.17) is 37.9 Å². The minimum Gasteiger partial charge on any atom is -0.379 e. The molecule has 13 heteroatoms. The van der Waals surface area contributed by atoms with Crippen molar-refractivity contribution < 1.29 is 51.9 Å². The zero-order valence-corrected chi connectivity index (χ0v) is 50.4. The SMILES string of the molecule is CCCCCCCCCCCCCC[C@@H](OCCCC)[C@@H](OCCCC)[C@H](CO[C@H]1OC(COCCCC)[C@H](OCCCC)[C@H](OCCCC)C1OCCCC)NC(=O)CCCCCCCCNC(=O)c1ccc(F)cc1. The van der Waals surface area contributed by atoms with Crippen LogP contribution in [0.1, 0.15) is 264 Å². The van der Waals surface area contributed by atoms with Crippen LogP contribution in [0, 0.1) is 5.82 Å². The minimum absolute atomic E-state index is 0.0310. The molecule has 1 aliphatic heterocycles. The zero-order chi connectivity index (χ0) is 55.8. The van der Waals surface area contributed by atoms with Crippen molar-refractivity contribution in [3.8, 4) is 0 Å².